The van der Waals surface area contributed by atoms with Gasteiger partial charge in [0.05, 0.1) is 0 Å². The Labute approximate surface area is 160 Å². The molecule has 1 aliphatic carbocycles. The van der Waals surface area contributed by atoms with E-state index in [-0.39, 0.29) is 12.5 Å². The molecule has 28 heavy (non-hydrogen) atoms. The van der Waals surface area contributed by atoms with Gasteiger partial charge in [-0.15, -0.1) is 0 Å². The zero-order valence-electron chi connectivity index (χ0n) is 15.4. The number of benzene rings is 1. The number of hydrogen-bond donors (Lipinski definition) is 1. The molecule has 1 aromatic carbocycles. The molecule has 0 spiro atoms. The van der Waals surface area contributed by atoms with Gasteiger partial charge in [-0.05, 0) is 56.0 Å². The lowest BCUT2D eigenvalue weighted by Crippen LogP contribution is -2.47. The van der Waals surface area contributed by atoms with Gasteiger partial charge in [0.1, 0.15) is 0 Å². The van der Waals surface area contributed by atoms with E-state index in [1.54, 1.807) is 0 Å². The van der Waals surface area contributed by atoms with Crippen LogP contribution in [0.5, 0.6) is 0 Å². The van der Waals surface area contributed by atoms with Crippen molar-refractivity contribution in [2.75, 3.05) is 32.7 Å². The lowest BCUT2D eigenvalue weighted by Gasteiger charge is -2.35. The standard InChI is InChI=1S/C19H24F5N3O/c20-15-2-1-13(9-16(15)21)14-10-17(14)27(18(28)19(22,23)24)11-12-3-6-26(7-4-12)8-5-25/h1-2,9,12,14,17H,3-8,10-11,25H2. The van der Waals surface area contributed by atoms with Gasteiger partial charge < -0.3 is 15.5 Å². The van der Waals surface area contributed by atoms with Gasteiger partial charge in [0, 0.05) is 31.6 Å². The zero-order valence-corrected chi connectivity index (χ0v) is 15.4. The number of halogens is 5. The van der Waals surface area contributed by atoms with Crippen LogP contribution in [0, 0.1) is 17.6 Å². The summed E-state index contributed by atoms with van der Waals surface area (Å²) >= 11 is 0. The summed E-state index contributed by atoms with van der Waals surface area (Å²) in [6.07, 6.45) is -3.24. The number of piperidine rings is 1. The number of rotatable bonds is 6. The number of alkyl halides is 3. The first-order valence-corrected chi connectivity index (χ1v) is 9.46. The minimum absolute atomic E-state index is 0.0217. The van der Waals surface area contributed by atoms with Crippen molar-refractivity contribution in [1.82, 2.24) is 9.80 Å². The first kappa shape index (κ1) is 21.0. The molecule has 1 aromatic rings. The van der Waals surface area contributed by atoms with Gasteiger partial charge >= 0.3 is 12.1 Å². The Morgan fingerprint density at radius 2 is 1.86 bits per heavy atom. The zero-order chi connectivity index (χ0) is 20.5. The molecule has 2 fully saturated rings. The van der Waals surface area contributed by atoms with Crippen molar-refractivity contribution in [3.8, 4) is 0 Å². The highest BCUT2D eigenvalue weighted by Gasteiger charge is 2.52. The highest BCUT2D eigenvalue weighted by atomic mass is 19.4. The van der Waals surface area contributed by atoms with Crippen molar-refractivity contribution in [1.29, 1.82) is 0 Å². The van der Waals surface area contributed by atoms with E-state index in [0.717, 1.165) is 36.7 Å². The van der Waals surface area contributed by atoms with E-state index >= 15 is 0 Å². The quantitative estimate of drug-likeness (QED) is 0.741. The molecule has 3 rings (SSSR count). The van der Waals surface area contributed by atoms with Crippen LogP contribution in [-0.4, -0.2) is 60.6 Å². The minimum Gasteiger partial charge on any atom is -0.331 e. The number of likely N-dealkylation sites (tertiary alicyclic amines) is 1. The average molecular weight is 405 g/mol. The van der Waals surface area contributed by atoms with Gasteiger partial charge in [-0.2, -0.15) is 13.2 Å². The van der Waals surface area contributed by atoms with Crippen LogP contribution < -0.4 is 5.73 Å². The Kier molecular flexibility index (Phi) is 6.24. The van der Waals surface area contributed by atoms with Gasteiger partial charge in [-0.25, -0.2) is 8.78 Å². The molecule has 0 bridgehead atoms. The summed E-state index contributed by atoms with van der Waals surface area (Å²) in [4.78, 5) is 15.1. The van der Waals surface area contributed by atoms with Crippen molar-refractivity contribution >= 4 is 5.91 Å². The van der Waals surface area contributed by atoms with E-state index in [0.29, 0.717) is 31.4 Å². The second kappa shape index (κ2) is 8.32. The van der Waals surface area contributed by atoms with E-state index in [4.69, 9.17) is 5.73 Å². The summed E-state index contributed by atoms with van der Waals surface area (Å²) in [6.45, 7) is 2.79. The molecular formula is C19H24F5N3O. The molecular weight excluding hydrogens is 381 g/mol. The molecule has 1 saturated carbocycles. The number of carbonyl (C=O) groups is 1. The van der Waals surface area contributed by atoms with Gasteiger partial charge in [0.15, 0.2) is 11.6 Å². The van der Waals surface area contributed by atoms with Crippen molar-refractivity contribution in [2.45, 2.75) is 37.4 Å². The summed E-state index contributed by atoms with van der Waals surface area (Å²) in [5.74, 6) is -4.32. The normalized spacial score (nSPS) is 23.6. The highest BCUT2D eigenvalue weighted by molar-refractivity contribution is 5.82. The Bertz CT molecular complexity index is 703. The number of nitrogens with zero attached hydrogens (tertiary/aromatic N) is 2. The molecule has 0 radical (unpaired) electrons. The molecule has 2 unspecified atom stereocenters. The van der Waals surface area contributed by atoms with Gasteiger partial charge in [-0.3, -0.25) is 4.79 Å². The van der Waals surface area contributed by atoms with Crippen LogP contribution in [-0.2, 0) is 4.79 Å². The van der Waals surface area contributed by atoms with Crippen LogP contribution in [0.15, 0.2) is 18.2 Å². The van der Waals surface area contributed by atoms with Crippen molar-refractivity contribution in [3.63, 3.8) is 0 Å². The molecule has 2 aliphatic rings. The molecule has 156 valence electrons. The van der Waals surface area contributed by atoms with Gasteiger partial charge in [0.2, 0.25) is 0 Å². The van der Waals surface area contributed by atoms with Crippen LogP contribution in [0.2, 0.25) is 0 Å². The fourth-order valence-corrected chi connectivity index (χ4v) is 4.01. The summed E-state index contributed by atoms with van der Waals surface area (Å²) in [5, 5.41) is 0. The van der Waals surface area contributed by atoms with Crippen LogP contribution in [0.25, 0.3) is 0 Å². The number of nitrogens with two attached hydrogens (primary N) is 1. The average Bonchev–Trinajstić information content (AvgIpc) is 3.43. The maximum Gasteiger partial charge on any atom is 0.471 e. The Hall–Kier alpha value is -1.74. The number of amides is 1. The van der Waals surface area contributed by atoms with Gasteiger partial charge in [0.25, 0.3) is 0 Å². The fourth-order valence-electron chi connectivity index (χ4n) is 4.01. The maximum absolute atomic E-state index is 13.5. The summed E-state index contributed by atoms with van der Waals surface area (Å²) < 4.78 is 66.0. The lowest BCUT2D eigenvalue weighted by molar-refractivity contribution is -0.187. The molecule has 9 heteroatoms. The van der Waals surface area contributed by atoms with Crippen LogP contribution in [0.4, 0.5) is 22.0 Å². The molecule has 1 amide bonds. The van der Waals surface area contributed by atoms with Crippen molar-refractivity contribution in [2.24, 2.45) is 11.7 Å². The van der Waals surface area contributed by atoms with Crippen molar-refractivity contribution in [3.05, 3.63) is 35.4 Å². The largest absolute Gasteiger partial charge is 0.471 e. The minimum atomic E-state index is -4.96. The SMILES string of the molecule is NCCN1CCC(CN(C(=O)C(F)(F)F)C2CC2c2ccc(F)c(F)c2)CC1. The number of hydrogen-bond acceptors (Lipinski definition) is 3. The predicted molar refractivity (Wildman–Crippen MR) is 93.5 cm³/mol. The summed E-state index contributed by atoms with van der Waals surface area (Å²) in [6, 6.07) is 2.69. The number of carbonyl (C=O) groups excluding carboxylic acids is 1. The highest BCUT2D eigenvalue weighted by Crippen LogP contribution is 2.46. The molecule has 2 atom stereocenters. The van der Waals surface area contributed by atoms with Gasteiger partial charge in [-0.1, -0.05) is 6.07 Å². The molecule has 2 N–H and O–H groups in total. The molecule has 0 aromatic heterocycles. The first-order chi connectivity index (χ1) is 13.2. The third kappa shape index (κ3) is 4.81. The van der Waals surface area contributed by atoms with Crippen LogP contribution in [0.1, 0.15) is 30.7 Å². The third-order valence-corrected chi connectivity index (χ3v) is 5.64. The van der Waals surface area contributed by atoms with Crippen LogP contribution >= 0.6 is 0 Å². The van der Waals surface area contributed by atoms with E-state index in [1.807, 2.05) is 0 Å². The van der Waals surface area contributed by atoms with E-state index in [1.165, 1.54) is 6.07 Å². The topological polar surface area (TPSA) is 49.6 Å². The molecule has 4 nitrogen and oxygen atoms in total. The van der Waals surface area contributed by atoms with E-state index < -0.39 is 35.7 Å². The summed E-state index contributed by atoms with van der Waals surface area (Å²) in [7, 11) is 0. The Morgan fingerprint density at radius 1 is 1.18 bits per heavy atom. The molecule has 1 heterocycles. The summed E-state index contributed by atoms with van der Waals surface area (Å²) in [5.41, 5.74) is 5.95. The third-order valence-electron chi connectivity index (χ3n) is 5.64. The van der Waals surface area contributed by atoms with Crippen molar-refractivity contribution < 1.29 is 26.7 Å². The van der Waals surface area contributed by atoms with E-state index in [2.05, 4.69) is 4.90 Å². The maximum atomic E-state index is 13.5. The van der Waals surface area contributed by atoms with E-state index in [9.17, 15) is 26.7 Å². The second-order valence-corrected chi connectivity index (χ2v) is 7.61. The molecule has 1 saturated heterocycles. The Balaban J connectivity index is 1.69. The first-order valence-electron chi connectivity index (χ1n) is 9.46. The van der Waals surface area contributed by atoms with Crippen LogP contribution in [0.3, 0.4) is 0 Å². The second-order valence-electron chi connectivity index (χ2n) is 7.61. The smallest absolute Gasteiger partial charge is 0.331 e. The monoisotopic (exact) mass is 405 g/mol. The fraction of sp³-hybridized carbons (Fsp3) is 0.632. The molecule has 1 aliphatic heterocycles. The predicted octanol–water partition coefficient (Wildman–Crippen LogP) is 2.88. The Morgan fingerprint density at radius 3 is 2.43 bits per heavy atom. The lowest BCUT2D eigenvalue weighted by atomic mass is 9.96.